The Balaban J connectivity index is 1.50. The number of aliphatic hydroxyl groups is 2. The van der Waals surface area contributed by atoms with Crippen LogP contribution in [0.15, 0.2) is 46.6 Å². The molecule has 1 heterocycles. The molecule has 5 rings (SSSR count). The second-order valence-electron chi connectivity index (χ2n) is 11.6. The third-order valence-electron chi connectivity index (χ3n) is 10.3. The Hall–Kier alpha value is -1.98. The molecular weight excluding hydrogens is 416 g/mol. The Bertz CT molecular complexity index is 1060. The molecule has 0 amide bonds. The Morgan fingerprint density at radius 1 is 1.18 bits per heavy atom. The largest absolute Gasteiger partial charge is 0.455 e. The maximum Gasteiger partial charge on any atom is 0.334 e. The highest BCUT2D eigenvalue weighted by Crippen LogP contribution is 2.66. The number of cyclic esters (lactones) is 1. The van der Waals surface area contributed by atoms with E-state index in [-0.39, 0.29) is 17.6 Å². The van der Waals surface area contributed by atoms with E-state index in [1.165, 1.54) is 5.57 Å². The third-order valence-corrected chi connectivity index (χ3v) is 10.3. The Kier molecular flexibility index (Phi) is 4.85. The molecule has 5 nitrogen and oxygen atoms in total. The summed E-state index contributed by atoms with van der Waals surface area (Å²) in [4.78, 5) is 25.5. The van der Waals surface area contributed by atoms with Gasteiger partial charge in [0.25, 0.3) is 0 Å². The quantitative estimate of drug-likeness (QED) is 0.481. The molecule has 0 radical (unpaired) electrons. The van der Waals surface area contributed by atoms with Crippen LogP contribution in [0.5, 0.6) is 0 Å². The lowest BCUT2D eigenvalue weighted by molar-refractivity contribution is -0.239. The van der Waals surface area contributed by atoms with Gasteiger partial charge in [-0.05, 0) is 77.7 Å². The van der Waals surface area contributed by atoms with E-state index >= 15 is 0 Å². The fraction of sp³-hybridized carbons (Fsp3) is 0.643. The molecule has 7 atom stereocenters. The normalized spacial score (nSPS) is 44.3. The SMILES string of the molecule is CC1=C(C)C(=O)O[C@@H]([C@](C)(O)[C@@]2(O)CC=C3[C@@H]4CC=C5CC=CC(=O)[C@]5(C)[C@H]4CC[C@@]32C)C1. The number of carbonyl (C=O) groups is 2. The van der Waals surface area contributed by atoms with Gasteiger partial charge in [-0.3, -0.25) is 4.79 Å². The number of carbonyl (C=O) groups excluding carboxylic acids is 2. The molecule has 0 aromatic carbocycles. The van der Waals surface area contributed by atoms with Crippen LogP contribution in [-0.4, -0.2) is 39.3 Å². The van der Waals surface area contributed by atoms with Crippen LogP contribution < -0.4 is 0 Å². The fourth-order valence-electron chi connectivity index (χ4n) is 7.73. The maximum atomic E-state index is 13.1. The van der Waals surface area contributed by atoms with E-state index < -0.39 is 34.1 Å². The zero-order valence-corrected chi connectivity index (χ0v) is 20.4. The molecule has 5 heteroatoms. The summed E-state index contributed by atoms with van der Waals surface area (Å²) in [5.74, 6) is 0.123. The van der Waals surface area contributed by atoms with Gasteiger partial charge in [-0.15, -0.1) is 0 Å². The lowest BCUT2D eigenvalue weighted by atomic mass is 9.47. The van der Waals surface area contributed by atoms with Crippen LogP contribution in [0.4, 0.5) is 0 Å². The molecule has 4 aliphatic carbocycles. The Morgan fingerprint density at radius 2 is 1.91 bits per heavy atom. The lowest BCUT2D eigenvalue weighted by Gasteiger charge is -2.59. The van der Waals surface area contributed by atoms with E-state index in [1.807, 2.05) is 13.0 Å². The van der Waals surface area contributed by atoms with E-state index in [2.05, 4.69) is 26.0 Å². The first-order valence-corrected chi connectivity index (χ1v) is 12.3. The minimum Gasteiger partial charge on any atom is -0.455 e. The number of hydrogen-bond acceptors (Lipinski definition) is 5. The van der Waals surface area contributed by atoms with Gasteiger partial charge in [0.2, 0.25) is 0 Å². The Morgan fingerprint density at radius 3 is 2.61 bits per heavy atom. The van der Waals surface area contributed by atoms with Crippen molar-refractivity contribution in [1.82, 2.24) is 0 Å². The van der Waals surface area contributed by atoms with Gasteiger partial charge in [-0.2, -0.15) is 0 Å². The van der Waals surface area contributed by atoms with E-state index in [4.69, 9.17) is 4.74 Å². The summed E-state index contributed by atoms with van der Waals surface area (Å²) in [6.45, 7) is 9.40. The molecule has 0 spiro atoms. The van der Waals surface area contributed by atoms with E-state index in [0.717, 1.165) is 30.4 Å². The number of allylic oxidation sites excluding steroid dienone is 4. The van der Waals surface area contributed by atoms with Crippen LogP contribution >= 0.6 is 0 Å². The molecule has 2 N–H and O–H groups in total. The topological polar surface area (TPSA) is 83.8 Å². The molecule has 5 aliphatic rings. The van der Waals surface area contributed by atoms with Crippen molar-refractivity contribution >= 4 is 11.8 Å². The molecule has 0 bridgehead atoms. The first-order valence-electron chi connectivity index (χ1n) is 12.3. The first-order chi connectivity index (χ1) is 15.4. The predicted molar refractivity (Wildman–Crippen MR) is 125 cm³/mol. The van der Waals surface area contributed by atoms with Crippen LogP contribution in [-0.2, 0) is 14.3 Å². The summed E-state index contributed by atoms with van der Waals surface area (Å²) in [7, 11) is 0. The molecule has 33 heavy (non-hydrogen) atoms. The van der Waals surface area contributed by atoms with Gasteiger partial charge in [0.1, 0.15) is 17.3 Å². The molecule has 178 valence electrons. The standard InChI is InChI=1S/C28H36O5/c1-16-15-23(33-24(30)17(16)2)27(5,31)28(32)14-12-20-19-10-9-18-7-6-8-22(29)26(18,4)21(19)11-13-25(20,28)3/h6,8-9,12,19,21,23,31-32H,7,10-11,13-15H2,1-5H3/t19-,21-,23+,25-,26-,27-,28+/m0/s1. The van der Waals surface area contributed by atoms with Crippen molar-refractivity contribution in [2.75, 3.05) is 0 Å². The van der Waals surface area contributed by atoms with E-state index in [9.17, 15) is 19.8 Å². The minimum absolute atomic E-state index is 0.163. The summed E-state index contributed by atoms with van der Waals surface area (Å²) < 4.78 is 5.65. The highest BCUT2D eigenvalue weighted by Gasteiger charge is 2.68. The second-order valence-corrected chi connectivity index (χ2v) is 11.6. The van der Waals surface area contributed by atoms with Crippen molar-refractivity contribution in [3.05, 3.63) is 46.6 Å². The smallest absolute Gasteiger partial charge is 0.334 e. The molecule has 0 saturated heterocycles. The Labute approximate surface area is 196 Å². The molecule has 0 aromatic heterocycles. The van der Waals surface area contributed by atoms with Gasteiger partial charge in [-0.25, -0.2) is 4.79 Å². The summed E-state index contributed by atoms with van der Waals surface area (Å²) in [6, 6.07) is 0. The summed E-state index contributed by atoms with van der Waals surface area (Å²) >= 11 is 0. The first kappa shape index (κ1) is 22.8. The maximum absolute atomic E-state index is 13.1. The number of hydrogen-bond donors (Lipinski definition) is 2. The average molecular weight is 453 g/mol. The average Bonchev–Trinajstić information content (AvgIpc) is 3.05. The van der Waals surface area contributed by atoms with Crippen molar-refractivity contribution in [3.8, 4) is 0 Å². The van der Waals surface area contributed by atoms with Gasteiger partial charge < -0.3 is 14.9 Å². The number of ketones is 1. The van der Waals surface area contributed by atoms with E-state index in [1.54, 1.807) is 19.9 Å². The highest BCUT2D eigenvalue weighted by molar-refractivity contribution is 5.98. The third kappa shape index (κ3) is 2.72. The van der Waals surface area contributed by atoms with Crippen molar-refractivity contribution in [2.45, 2.75) is 90.4 Å². The van der Waals surface area contributed by atoms with Crippen LogP contribution in [0, 0.1) is 22.7 Å². The van der Waals surface area contributed by atoms with Crippen molar-refractivity contribution < 1.29 is 24.5 Å². The fourth-order valence-corrected chi connectivity index (χ4v) is 7.73. The van der Waals surface area contributed by atoms with E-state index in [0.29, 0.717) is 24.8 Å². The van der Waals surface area contributed by atoms with Crippen molar-refractivity contribution in [1.29, 1.82) is 0 Å². The molecule has 1 aliphatic heterocycles. The van der Waals surface area contributed by atoms with Crippen LogP contribution in [0.3, 0.4) is 0 Å². The molecular formula is C28H36O5. The van der Waals surface area contributed by atoms with Gasteiger partial charge in [0.05, 0.1) is 5.41 Å². The van der Waals surface area contributed by atoms with Crippen LogP contribution in [0.1, 0.15) is 73.1 Å². The van der Waals surface area contributed by atoms with Gasteiger partial charge in [-0.1, -0.05) is 41.9 Å². The minimum atomic E-state index is -1.62. The zero-order valence-electron chi connectivity index (χ0n) is 20.4. The monoisotopic (exact) mass is 452 g/mol. The number of rotatable bonds is 2. The lowest BCUT2D eigenvalue weighted by Crippen LogP contribution is -2.67. The van der Waals surface area contributed by atoms with Crippen LogP contribution in [0.25, 0.3) is 0 Å². The highest BCUT2D eigenvalue weighted by atomic mass is 16.6. The number of ether oxygens (including phenoxy) is 1. The van der Waals surface area contributed by atoms with Gasteiger partial charge >= 0.3 is 5.97 Å². The molecule has 0 unspecified atom stereocenters. The van der Waals surface area contributed by atoms with Crippen molar-refractivity contribution in [2.24, 2.45) is 22.7 Å². The van der Waals surface area contributed by atoms with Gasteiger partial charge in [0.15, 0.2) is 5.78 Å². The van der Waals surface area contributed by atoms with Gasteiger partial charge in [0, 0.05) is 17.4 Å². The predicted octanol–water partition coefficient (Wildman–Crippen LogP) is 4.35. The van der Waals surface area contributed by atoms with Crippen molar-refractivity contribution in [3.63, 3.8) is 0 Å². The zero-order chi connectivity index (χ0) is 24.0. The molecule has 1 fully saturated rings. The molecule has 1 saturated carbocycles. The summed E-state index contributed by atoms with van der Waals surface area (Å²) in [5, 5.41) is 24.0. The summed E-state index contributed by atoms with van der Waals surface area (Å²) in [6.07, 6.45) is 11.2. The summed E-state index contributed by atoms with van der Waals surface area (Å²) in [5.41, 5.74) is -0.355. The van der Waals surface area contributed by atoms with Crippen LogP contribution in [0.2, 0.25) is 0 Å². The molecule has 0 aromatic rings. The number of fused-ring (bicyclic) bond motifs is 5. The number of esters is 1. The second kappa shape index (κ2) is 7.02.